The summed E-state index contributed by atoms with van der Waals surface area (Å²) in [6, 6.07) is 2.59. The molecule has 0 aromatic heterocycles. The first-order valence-corrected chi connectivity index (χ1v) is 5.33. The Balaban J connectivity index is 2.13. The van der Waals surface area contributed by atoms with Crippen molar-refractivity contribution in [3.05, 3.63) is 12.2 Å². The Bertz CT molecular complexity index is 261. The molecule has 1 nitrogen and oxygen atoms in total. The SMILES string of the molecule is C/C=C/CC1(C#N)CC2CCC1C2. The van der Waals surface area contributed by atoms with Gasteiger partial charge in [0.1, 0.15) is 0 Å². The Morgan fingerprint density at radius 3 is 2.85 bits per heavy atom. The molecule has 13 heavy (non-hydrogen) atoms. The molecule has 3 atom stereocenters. The molecule has 3 unspecified atom stereocenters. The maximum absolute atomic E-state index is 9.28. The number of hydrogen-bond donors (Lipinski definition) is 0. The van der Waals surface area contributed by atoms with Crippen LogP contribution in [-0.2, 0) is 0 Å². The Kier molecular flexibility index (Phi) is 2.15. The maximum Gasteiger partial charge on any atom is 0.0696 e. The molecule has 2 aliphatic carbocycles. The zero-order valence-electron chi connectivity index (χ0n) is 8.29. The van der Waals surface area contributed by atoms with Crippen LogP contribution in [0.5, 0.6) is 0 Å². The van der Waals surface area contributed by atoms with Crippen LogP contribution < -0.4 is 0 Å². The largest absolute Gasteiger partial charge is 0.198 e. The van der Waals surface area contributed by atoms with Crippen molar-refractivity contribution < 1.29 is 0 Å². The van der Waals surface area contributed by atoms with Crippen molar-refractivity contribution in [2.75, 3.05) is 0 Å². The molecule has 0 radical (unpaired) electrons. The first kappa shape index (κ1) is 8.81. The molecule has 2 aliphatic rings. The van der Waals surface area contributed by atoms with Crippen LogP contribution in [0.15, 0.2) is 12.2 Å². The van der Waals surface area contributed by atoms with Gasteiger partial charge in [-0.25, -0.2) is 0 Å². The summed E-state index contributed by atoms with van der Waals surface area (Å²) in [5, 5.41) is 9.28. The second-order valence-electron chi connectivity index (χ2n) is 4.62. The van der Waals surface area contributed by atoms with Gasteiger partial charge in [-0.1, -0.05) is 18.6 Å². The topological polar surface area (TPSA) is 23.8 Å². The monoisotopic (exact) mass is 175 g/mol. The highest BCUT2D eigenvalue weighted by Gasteiger charge is 2.50. The van der Waals surface area contributed by atoms with Crippen LogP contribution in [0, 0.1) is 28.6 Å². The van der Waals surface area contributed by atoms with Crippen molar-refractivity contribution in [2.45, 2.75) is 39.0 Å². The minimum atomic E-state index is 0.0232. The summed E-state index contributed by atoms with van der Waals surface area (Å²) in [5.41, 5.74) is 0.0232. The molecule has 2 rings (SSSR count). The number of allylic oxidation sites excluding steroid dienone is 2. The number of rotatable bonds is 2. The molecule has 0 aromatic carbocycles. The summed E-state index contributed by atoms with van der Waals surface area (Å²) in [6.07, 6.45) is 10.4. The third kappa shape index (κ3) is 1.29. The van der Waals surface area contributed by atoms with Crippen molar-refractivity contribution in [3.63, 3.8) is 0 Å². The lowest BCUT2D eigenvalue weighted by Gasteiger charge is -2.29. The van der Waals surface area contributed by atoms with Gasteiger partial charge in [0.05, 0.1) is 11.5 Å². The molecule has 0 saturated heterocycles. The molecule has 70 valence electrons. The van der Waals surface area contributed by atoms with Crippen molar-refractivity contribution in [2.24, 2.45) is 17.3 Å². The summed E-state index contributed by atoms with van der Waals surface area (Å²) in [6.45, 7) is 2.04. The summed E-state index contributed by atoms with van der Waals surface area (Å²) >= 11 is 0. The number of nitriles is 1. The zero-order chi connectivity index (χ0) is 9.31. The molecule has 0 aromatic rings. The Morgan fingerprint density at radius 1 is 1.54 bits per heavy atom. The first-order valence-electron chi connectivity index (χ1n) is 5.33. The number of nitrogens with zero attached hydrogens (tertiary/aromatic N) is 1. The molecule has 0 spiro atoms. The standard InChI is InChI=1S/C12H17N/c1-2-3-6-12(9-13)8-10-4-5-11(12)7-10/h2-3,10-11H,4-8H2,1H3/b3-2+. The van der Waals surface area contributed by atoms with Crippen LogP contribution in [0.1, 0.15) is 39.0 Å². The number of hydrogen-bond acceptors (Lipinski definition) is 1. The highest BCUT2D eigenvalue weighted by atomic mass is 14.5. The van der Waals surface area contributed by atoms with E-state index in [0.29, 0.717) is 5.92 Å². The van der Waals surface area contributed by atoms with Gasteiger partial charge < -0.3 is 0 Å². The van der Waals surface area contributed by atoms with E-state index < -0.39 is 0 Å². The predicted molar refractivity (Wildman–Crippen MR) is 52.9 cm³/mol. The fourth-order valence-electron chi connectivity index (χ4n) is 3.20. The van der Waals surface area contributed by atoms with Gasteiger partial charge in [-0.2, -0.15) is 5.26 Å². The van der Waals surface area contributed by atoms with Crippen molar-refractivity contribution in [3.8, 4) is 6.07 Å². The fraction of sp³-hybridized carbons (Fsp3) is 0.750. The average Bonchev–Trinajstić information content (AvgIpc) is 2.74. The van der Waals surface area contributed by atoms with Crippen molar-refractivity contribution >= 4 is 0 Å². The van der Waals surface area contributed by atoms with E-state index in [-0.39, 0.29) is 5.41 Å². The second-order valence-corrected chi connectivity index (χ2v) is 4.62. The fourth-order valence-corrected chi connectivity index (χ4v) is 3.20. The van der Waals surface area contributed by atoms with E-state index in [4.69, 9.17) is 0 Å². The van der Waals surface area contributed by atoms with Gasteiger partial charge in [-0.15, -0.1) is 0 Å². The number of fused-ring (bicyclic) bond motifs is 2. The molecular weight excluding hydrogens is 158 g/mol. The lowest BCUT2D eigenvalue weighted by Crippen LogP contribution is -2.25. The molecule has 2 saturated carbocycles. The van der Waals surface area contributed by atoms with Gasteiger partial charge in [0.15, 0.2) is 0 Å². The minimum Gasteiger partial charge on any atom is -0.198 e. The van der Waals surface area contributed by atoms with E-state index in [1.54, 1.807) is 0 Å². The van der Waals surface area contributed by atoms with Gasteiger partial charge in [-0.05, 0) is 44.4 Å². The molecule has 0 heterocycles. The average molecular weight is 175 g/mol. The molecule has 2 fully saturated rings. The predicted octanol–water partition coefficient (Wildman–Crippen LogP) is 3.28. The highest BCUT2D eigenvalue weighted by Crippen LogP contribution is 2.57. The van der Waals surface area contributed by atoms with Crippen LogP contribution in [0.4, 0.5) is 0 Å². The van der Waals surface area contributed by atoms with Gasteiger partial charge in [0, 0.05) is 0 Å². The molecule has 0 amide bonds. The van der Waals surface area contributed by atoms with Crippen molar-refractivity contribution in [1.82, 2.24) is 0 Å². The van der Waals surface area contributed by atoms with E-state index >= 15 is 0 Å². The van der Waals surface area contributed by atoms with Crippen LogP contribution in [0.25, 0.3) is 0 Å². The molecule has 1 heteroatoms. The third-order valence-electron chi connectivity index (χ3n) is 3.92. The maximum atomic E-state index is 9.28. The summed E-state index contributed by atoms with van der Waals surface area (Å²) in [4.78, 5) is 0. The van der Waals surface area contributed by atoms with E-state index in [1.807, 2.05) is 6.92 Å². The molecule has 2 bridgehead atoms. The molecule has 0 N–H and O–H groups in total. The van der Waals surface area contributed by atoms with Crippen LogP contribution in [0.3, 0.4) is 0 Å². The highest BCUT2D eigenvalue weighted by molar-refractivity contribution is 5.13. The third-order valence-corrected chi connectivity index (χ3v) is 3.92. The van der Waals surface area contributed by atoms with Crippen LogP contribution in [-0.4, -0.2) is 0 Å². The lowest BCUT2D eigenvalue weighted by molar-refractivity contribution is 0.244. The lowest BCUT2D eigenvalue weighted by atomic mass is 9.72. The summed E-state index contributed by atoms with van der Waals surface area (Å²) < 4.78 is 0. The molecular formula is C12H17N. The zero-order valence-corrected chi connectivity index (χ0v) is 8.29. The molecule has 0 aliphatic heterocycles. The van der Waals surface area contributed by atoms with Crippen LogP contribution >= 0.6 is 0 Å². The smallest absolute Gasteiger partial charge is 0.0696 e. The van der Waals surface area contributed by atoms with E-state index in [0.717, 1.165) is 12.3 Å². The van der Waals surface area contributed by atoms with E-state index in [2.05, 4.69) is 18.2 Å². The van der Waals surface area contributed by atoms with Crippen molar-refractivity contribution in [1.29, 1.82) is 5.26 Å². The van der Waals surface area contributed by atoms with Crippen LogP contribution in [0.2, 0.25) is 0 Å². The second kappa shape index (κ2) is 3.18. The summed E-state index contributed by atoms with van der Waals surface area (Å²) in [7, 11) is 0. The van der Waals surface area contributed by atoms with Gasteiger partial charge in [-0.3, -0.25) is 0 Å². The Labute approximate surface area is 80.4 Å². The summed E-state index contributed by atoms with van der Waals surface area (Å²) in [5.74, 6) is 1.58. The quantitative estimate of drug-likeness (QED) is 0.591. The van der Waals surface area contributed by atoms with Gasteiger partial charge >= 0.3 is 0 Å². The Morgan fingerprint density at radius 2 is 2.38 bits per heavy atom. The van der Waals surface area contributed by atoms with E-state index in [1.165, 1.54) is 25.7 Å². The van der Waals surface area contributed by atoms with E-state index in [9.17, 15) is 5.26 Å². The minimum absolute atomic E-state index is 0.0232. The normalized spacial score (nSPS) is 42.8. The Hall–Kier alpha value is -0.770. The first-order chi connectivity index (χ1) is 6.30. The van der Waals surface area contributed by atoms with Gasteiger partial charge in [0.25, 0.3) is 0 Å². The van der Waals surface area contributed by atoms with Gasteiger partial charge in [0.2, 0.25) is 0 Å².